The van der Waals surface area contributed by atoms with E-state index in [0.29, 0.717) is 6.42 Å². The highest BCUT2D eigenvalue weighted by molar-refractivity contribution is 5.71. The summed E-state index contributed by atoms with van der Waals surface area (Å²) in [4.78, 5) is 10.8. The third kappa shape index (κ3) is 6.44. The van der Waals surface area contributed by atoms with Gasteiger partial charge >= 0.3 is 0 Å². The molecule has 0 aliphatic heterocycles. The van der Waals surface area contributed by atoms with Crippen molar-refractivity contribution in [2.75, 3.05) is 0 Å². The van der Waals surface area contributed by atoms with Crippen LogP contribution in [0.3, 0.4) is 0 Å². The minimum Gasteiger partial charge on any atom is -0.550 e. The minimum absolute atomic E-state index is 0.538. The van der Waals surface area contributed by atoms with Gasteiger partial charge in [0.1, 0.15) is 0 Å². The van der Waals surface area contributed by atoms with Gasteiger partial charge in [-0.3, -0.25) is 0 Å². The summed E-state index contributed by atoms with van der Waals surface area (Å²) in [5.74, 6) is -0.985. The summed E-state index contributed by atoms with van der Waals surface area (Å²) < 4.78 is 0. The van der Waals surface area contributed by atoms with Crippen LogP contribution in [0.25, 0.3) is 0 Å². The van der Waals surface area contributed by atoms with Gasteiger partial charge < -0.3 is 9.90 Å². The van der Waals surface area contributed by atoms with E-state index >= 15 is 0 Å². The van der Waals surface area contributed by atoms with Crippen molar-refractivity contribution in [3.05, 3.63) is 23.3 Å². The molecule has 0 unspecified atom stereocenters. The van der Waals surface area contributed by atoms with Gasteiger partial charge in [-0.2, -0.15) is 0 Å². The summed E-state index contributed by atoms with van der Waals surface area (Å²) in [7, 11) is 0. The average Bonchev–Trinajstić information content (AvgIpc) is 2.14. The van der Waals surface area contributed by atoms with E-state index in [0.717, 1.165) is 12.8 Å². The Hall–Kier alpha value is -1.05. The van der Waals surface area contributed by atoms with Crippen LogP contribution in [-0.4, -0.2) is 5.97 Å². The Labute approximate surface area is 99.1 Å². The molecule has 0 bridgehead atoms. The van der Waals surface area contributed by atoms with E-state index in [9.17, 15) is 9.90 Å². The van der Waals surface area contributed by atoms with Crippen molar-refractivity contribution in [1.29, 1.82) is 0 Å². The molecule has 0 saturated carbocycles. The van der Waals surface area contributed by atoms with Gasteiger partial charge in [0.05, 0.1) is 0 Å². The number of aliphatic carboxylic acids is 1. The number of carboxylic acids is 1. The molecule has 16 heavy (non-hydrogen) atoms. The molecule has 0 aromatic heterocycles. The van der Waals surface area contributed by atoms with Gasteiger partial charge in [0.2, 0.25) is 0 Å². The van der Waals surface area contributed by atoms with E-state index in [1.54, 1.807) is 13.8 Å². The predicted octanol–water partition coefficient (Wildman–Crippen LogP) is 2.85. The van der Waals surface area contributed by atoms with Crippen molar-refractivity contribution < 1.29 is 9.90 Å². The van der Waals surface area contributed by atoms with E-state index in [4.69, 9.17) is 0 Å². The van der Waals surface area contributed by atoms with Crippen molar-refractivity contribution in [2.45, 2.75) is 53.9 Å². The van der Waals surface area contributed by atoms with Gasteiger partial charge in [0.15, 0.2) is 0 Å². The highest BCUT2D eigenvalue weighted by Gasteiger charge is 2.17. The first kappa shape index (κ1) is 14.9. The molecule has 92 valence electrons. The molecule has 2 nitrogen and oxygen atoms in total. The van der Waals surface area contributed by atoms with E-state index < -0.39 is 11.4 Å². The third-order valence-corrected chi connectivity index (χ3v) is 2.60. The monoisotopic (exact) mass is 223 g/mol. The fraction of sp³-hybridized carbons (Fsp3) is 0.643. The Balaban J connectivity index is 4.15. The molecule has 0 radical (unpaired) electrons. The molecule has 0 atom stereocenters. The summed E-state index contributed by atoms with van der Waals surface area (Å²) in [6.07, 6.45) is 6.76. The quantitative estimate of drug-likeness (QED) is 0.650. The van der Waals surface area contributed by atoms with Gasteiger partial charge in [-0.1, -0.05) is 37.1 Å². The highest BCUT2D eigenvalue weighted by Crippen LogP contribution is 2.21. The smallest absolute Gasteiger partial charge is 0.0473 e. The molecule has 0 N–H and O–H groups in total. The Morgan fingerprint density at radius 2 is 1.75 bits per heavy atom. The third-order valence-electron chi connectivity index (χ3n) is 2.60. The van der Waals surface area contributed by atoms with Crippen LogP contribution in [0, 0.1) is 5.41 Å². The Morgan fingerprint density at radius 3 is 2.19 bits per heavy atom. The van der Waals surface area contributed by atoms with Crippen LogP contribution in [0.15, 0.2) is 23.3 Å². The number of allylic oxidation sites excluding steroid dienone is 4. The van der Waals surface area contributed by atoms with Gasteiger partial charge in [-0.15, -0.1) is 0 Å². The standard InChI is InChI=1S/C14H24O2/c1-11(2)7-6-8-12(3)9-10-14(4,5)13(15)16/h7,9H,6,8,10H2,1-5H3,(H,15,16)/p-1/b12-9+. The molecular weight excluding hydrogens is 200 g/mol. The zero-order valence-corrected chi connectivity index (χ0v) is 11.1. The summed E-state index contributed by atoms with van der Waals surface area (Å²) in [6.45, 7) is 9.60. The van der Waals surface area contributed by atoms with Crippen LogP contribution < -0.4 is 5.11 Å². The van der Waals surface area contributed by atoms with Crippen molar-refractivity contribution in [1.82, 2.24) is 0 Å². The molecule has 0 aliphatic rings. The largest absolute Gasteiger partial charge is 0.550 e. The van der Waals surface area contributed by atoms with Crippen LogP contribution in [0.1, 0.15) is 53.9 Å². The molecule has 2 heteroatoms. The van der Waals surface area contributed by atoms with Crippen LogP contribution in [-0.2, 0) is 4.79 Å². The van der Waals surface area contributed by atoms with Crippen molar-refractivity contribution >= 4 is 5.97 Å². The summed E-state index contributed by atoms with van der Waals surface area (Å²) >= 11 is 0. The second-order valence-corrected chi connectivity index (χ2v) is 5.25. The van der Waals surface area contributed by atoms with Crippen molar-refractivity contribution in [3.63, 3.8) is 0 Å². The number of hydrogen-bond acceptors (Lipinski definition) is 2. The van der Waals surface area contributed by atoms with E-state index in [1.165, 1.54) is 11.1 Å². The van der Waals surface area contributed by atoms with Crippen LogP contribution >= 0.6 is 0 Å². The molecule has 0 rings (SSSR count). The number of carboxylic acid groups (broad SMARTS) is 1. The predicted molar refractivity (Wildman–Crippen MR) is 65.8 cm³/mol. The number of carbonyl (C=O) groups excluding carboxylic acids is 1. The molecule has 0 heterocycles. The lowest BCUT2D eigenvalue weighted by molar-refractivity contribution is -0.317. The minimum atomic E-state index is -0.985. The number of hydrogen-bond donors (Lipinski definition) is 0. The first-order valence-corrected chi connectivity index (χ1v) is 5.76. The maximum atomic E-state index is 10.8. The van der Waals surface area contributed by atoms with Gasteiger partial charge in [0.25, 0.3) is 0 Å². The second-order valence-electron chi connectivity index (χ2n) is 5.25. The Kier molecular flexibility index (Phi) is 6.09. The zero-order valence-electron chi connectivity index (χ0n) is 11.1. The van der Waals surface area contributed by atoms with Gasteiger partial charge in [-0.05, 0) is 40.0 Å². The van der Waals surface area contributed by atoms with Crippen molar-refractivity contribution in [3.8, 4) is 0 Å². The normalized spacial score (nSPS) is 12.4. The highest BCUT2D eigenvalue weighted by atomic mass is 16.4. The molecule has 0 aromatic rings. The molecule has 0 spiro atoms. The Morgan fingerprint density at radius 1 is 1.19 bits per heavy atom. The molecular formula is C14H23O2-. The van der Waals surface area contributed by atoms with Crippen LogP contribution in [0.2, 0.25) is 0 Å². The SMILES string of the molecule is CC(C)=CCC/C(C)=C/CC(C)(C)C(=O)[O-]. The first-order chi connectivity index (χ1) is 7.25. The lowest BCUT2D eigenvalue weighted by atomic mass is 9.88. The van der Waals surface area contributed by atoms with E-state index in [2.05, 4.69) is 19.9 Å². The van der Waals surface area contributed by atoms with Crippen LogP contribution in [0.5, 0.6) is 0 Å². The molecule has 0 aromatic carbocycles. The fourth-order valence-corrected chi connectivity index (χ4v) is 1.20. The number of rotatable bonds is 6. The van der Waals surface area contributed by atoms with Crippen molar-refractivity contribution in [2.24, 2.45) is 5.41 Å². The Bertz CT molecular complexity index is 292. The molecule has 0 aliphatic carbocycles. The van der Waals surface area contributed by atoms with E-state index in [-0.39, 0.29) is 0 Å². The summed E-state index contributed by atoms with van der Waals surface area (Å²) in [5, 5.41) is 10.8. The second kappa shape index (κ2) is 6.51. The lowest BCUT2D eigenvalue weighted by Crippen LogP contribution is -2.37. The average molecular weight is 223 g/mol. The van der Waals surface area contributed by atoms with E-state index in [1.807, 2.05) is 13.0 Å². The number of carbonyl (C=O) groups is 1. The topological polar surface area (TPSA) is 40.1 Å². The van der Waals surface area contributed by atoms with Gasteiger partial charge in [0, 0.05) is 11.4 Å². The maximum Gasteiger partial charge on any atom is 0.0473 e. The summed E-state index contributed by atoms with van der Waals surface area (Å²) in [5.41, 5.74) is 1.80. The molecule has 0 amide bonds. The maximum absolute atomic E-state index is 10.8. The fourth-order valence-electron chi connectivity index (χ4n) is 1.20. The van der Waals surface area contributed by atoms with Gasteiger partial charge in [-0.25, -0.2) is 0 Å². The molecule has 0 saturated heterocycles. The zero-order chi connectivity index (χ0) is 12.8. The first-order valence-electron chi connectivity index (χ1n) is 5.76. The lowest BCUT2D eigenvalue weighted by Gasteiger charge is -2.24. The molecule has 0 fully saturated rings. The van der Waals surface area contributed by atoms with Crippen LogP contribution in [0.4, 0.5) is 0 Å². The summed E-state index contributed by atoms with van der Waals surface area (Å²) in [6, 6.07) is 0.